The van der Waals surface area contributed by atoms with E-state index in [1.807, 2.05) is 4.90 Å². The fraction of sp³-hybridized carbons (Fsp3) is 0.471. The monoisotopic (exact) mass is 368 g/mol. The number of hydrogen-bond acceptors (Lipinski definition) is 5. The van der Waals surface area contributed by atoms with Crippen molar-refractivity contribution < 1.29 is 22.7 Å². The number of pyridine rings is 1. The fourth-order valence-corrected chi connectivity index (χ4v) is 3.12. The Morgan fingerprint density at radius 2 is 2.08 bits per heavy atom. The second-order valence-electron chi connectivity index (χ2n) is 6.21. The summed E-state index contributed by atoms with van der Waals surface area (Å²) in [4.78, 5) is 18.1. The molecule has 26 heavy (non-hydrogen) atoms. The zero-order valence-corrected chi connectivity index (χ0v) is 14.5. The lowest BCUT2D eigenvalue weighted by atomic mass is 10.1. The number of esters is 1. The number of alkyl halides is 3. The van der Waals surface area contributed by atoms with E-state index in [0.29, 0.717) is 23.6 Å². The van der Waals surface area contributed by atoms with Gasteiger partial charge in [-0.05, 0) is 38.0 Å². The summed E-state index contributed by atoms with van der Waals surface area (Å²) in [7, 11) is 1.31. The van der Waals surface area contributed by atoms with Gasteiger partial charge in [0.15, 0.2) is 5.69 Å². The van der Waals surface area contributed by atoms with Gasteiger partial charge in [-0.25, -0.2) is 9.78 Å². The predicted molar refractivity (Wildman–Crippen MR) is 88.0 cm³/mol. The highest BCUT2D eigenvalue weighted by atomic mass is 19.4. The third-order valence-electron chi connectivity index (χ3n) is 4.47. The number of halogens is 3. The van der Waals surface area contributed by atoms with Crippen molar-refractivity contribution in [1.29, 1.82) is 0 Å². The highest BCUT2D eigenvalue weighted by Crippen LogP contribution is 2.30. The maximum absolute atomic E-state index is 12.8. The van der Waals surface area contributed by atoms with E-state index >= 15 is 0 Å². The molecule has 0 N–H and O–H groups in total. The van der Waals surface area contributed by atoms with Crippen molar-refractivity contribution in [3.05, 3.63) is 41.3 Å². The van der Waals surface area contributed by atoms with E-state index in [1.54, 1.807) is 19.1 Å². The Bertz CT molecular complexity index is 804. The molecular weight excluding hydrogens is 349 g/mol. The van der Waals surface area contributed by atoms with Crippen LogP contribution in [0.5, 0.6) is 0 Å². The number of methoxy groups -OCH3 is 1. The molecule has 140 valence electrons. The van der Waals surface area contributed by atoms with Crippen LogP contribution in [0.1, 0.15) is 40.6 Å². The van der Waals surface area contributed by atoms with Gasteiger partial charge >= 0.3 is 12.1 Å². The molecule has 0 saturated carbocycles. The summed E-state index contributed by atoms with van der Waals surface area (Å²) in [5, 5.41) is 3.68. The van der Waals surface area contributed by atoms with Crippen LogP contribution in [0.25, 0.3) is 0 Å². The van der Waals surface area contributed by atoms with Crippen molar-refractivity contribution in [3.63, 3.8) is 0 Å². The Kier molecular flexibility index (Phi) is 4.88. The quantitative estimate of drug-likeness (QED) is 0.779. The summed E-state index contributed by atoms with van der Waals surface area (Å²) in [6, 6.07) is 4.21. The molecule has 1 aliphatic rings. The number of nitrogens with zero attached hydrogens (tertiary/aromatic N) is 4. The molecule has 9 heteroatoms. The average Bonchev–Trinajstić information content (AvgIpc) is 3.12. The topological polar surface area (TPSA) is 60.2 Å². The molecule has 2 aromatic heterocycles. The van der Waals surface area contributed by atoms with Crippen LogP contribution in [0.4, 0.5) is 19.0 Å². The Morgan fingerprint density at radius 3 is 2.69 bits per heavy atom. The standard InChI is InChI=1S/C17H19F3N4O2/c1-11-13(16(25)26-2)5-6-15(21-11)23-8-3-4-12(10-23)24-9-7-14(22-24)17(18,19)20/h5-7,9,12H,3-4,8,10H2,1-2H3. The summed E-state index contributed by atoms with van der Waals surface area (Å²) in [5.41, 5.74) is 0.0626. The van der Waals surface area contributed by atoms with Crippen LogP contribution in [0.2, 0.25) is 0 Å². The summed E-state index contributed by atoms with van der Waals surface area (Å²) in [5.74, 6) is 0.234. The number of anilines is 1. The van der Waals surface area contributed by atoms with Gasteiger partial charge in [-0.2, -0.15) is 18.3 Å². The molecule has 0 spiro atoms. The molecule has 0 amide bonds. The first-order chi connectivity index (χ1) is 12.3. The lowest BCUT2D eigenvalue weighted by Crippen LogP contribution is -2.37. The molecule has 2 aromatic rings. The van der Waals surface area contributed by atoms with E-state index in [9.17, 15) is 18.0 Å². The number of ether oxygens (including phenoxy) is 1. The average molecular weight is 368 g/mol. The molecule has 0 aromatic carbocycles. The molecule has 1 saturated heterocycles. The van der Waals surface area contributed by atoms with Crippen LogP contribution in [-0.2, 0) is 10.9 Å². The van der Waals surface area contributed by atoms with Gasteiger partial charge in [0.2, 0.25) is 0 Å². The van der Waals surface area contributed by atoms with Gasteiger partial charge < -0.3 is 9.64 Å². The van der Waals surface area contributed by atoms with Crippen molar-refractivity contribution in [2.24, 2.45) is 0 Å². The SMILES string of the molecule is COC(=O)c1ccc(N2CCCC(n3ccc(C(F)(F)F)n3)C2)nc1C. The Balaban J connectivity index is 1.77. The largest absolute Gasteiger partial charge is 0.465 e. The van der Waals surface area contributed by atoms with Crippen molar-refractivity contribution in [2.75, 3.05) is 25.1 Å². The second-order valence-corrected chi connectivity index (χ2v) is 6.21. The first-order valence-electron chi connectivity index (χ1n) is 8.23. The lowest BCUT2D eigenvalue weighted by Gasteiger charge is -2.34. The Morgan fingerprint density at radius 1 is 1.31 bits per heavy atom. The van der Waals surface area contributed by atoms with E-state index in [4.69, 9.17) is 4.74 Å². The number of carbonyl (C=O) groups is 1. The molecular formula is C17H19F3N4O2. The van der Waals surface area contributed by atoms with Gasteiger partial charge in [0.1, 0.15) is 5.82 Å². The molecule has 1 aliphatic heterocycles. The summed E-state index contributed by atoms with van der Waals surface area (Å²) < 4.78 is 44.3. The number of aryl methyl sites for hydroxylation is 1. The molecule has 1 unspecified atom stereocenters. The van der Waals surface area contributed by atoms with Crippen LogP contribution >= 0.6 is 0 Å². The highest BCUT2D eigenvalue weighted by Gasteiger charge is 2.34. The molecule has 0 aliphatic carbocycles. The maximum Gasteiger partial charge on any atom is 0.435 e. The summed E-state index contributed by atoms with van der Waals surface area (Å²) >= 11 is 0. The van der Waals surface area contributed by atoms with Crippen LogP contribution in [0.15, 0.2) is 24.4 Å². The number of piperidine rings is 1. The second kappa shape index (κ2) is 6.97. The van der Waals surface area contributed by atoms with E-state index in [1.165, 1.54) is 18.0 Å². The summed E-state index contributed by atoms with van der Waals surface area (Å²) in [6.07, 6.45) is -1.52. The van der Waals surface area contributed by atoms with Crippen molar-refractivity contribution in [2.45, 2.75) is 32.0 Å². The number of hydrogen-bond donors (Lipinski definition) is 0. The third-order valence-corrected chi connectivity index (χ3v) is 4.47. The smallest absolute Gasteiger partial charge is 0.435 e. The van der Waals surface area contributed by atoms with Gasteiger partial charge in [0, 0.05) is 19.3 Å². The lowest BCUT2D eigenvalue weighted by molar-refractivity contribution is -0.141. The van der Waals surface area contributed by atoms with Crippen LogP contribution in [0, 0.1) is 6.92 Å². The van der Waals surface area contributed by atoms with Crippen molar-refractivity contribution >= 4 is 11.8 Å². The first-order valence-corrected chi connectivity index (χ1v) is 8.23. The molecule has 3 heterocycles. The third kappa shape index (κ3) is 3.66. The maximum atomic E-state index is 12.8. The predicted octanol–water partition coefficient (Wildman–Crippen LogP) is 3.23. The van der Waals surface area contributed by atoms with E-state index in [-0.39, 0.29) is 6.04 Å². The van der Waals surface area contributed by atoms with Crippen LogP contribution in [0.3, 0.4) is 0 Å². The van der Waals surface area contributed by atoms with Crippen LogP contribution < -0.4 is 4.90 Å². The number of aromatic nitrogens is 3. The number of rotatable bonds is 3. The van der Waals surface area contributed by atoms with Crippen LogP contribution in [-0.4, -0.2) is 40.9 Å². The highest BCUT2D eigenvalue weighted by molar-refractivity contribution is 5.90. The minimum Gasteiger partial charge on any atom is -0.465 e. The first kappa shape index (κ1) is 18.2. The molecule has 6 nitrogen and oxygen atoms in total. The van der Waals surface area contributed by atoms with Gasteiger partial charge in [0.25, 0.3) is 0 Å². The Labute approximate surface area is 148 Å². The van der Waals surface area contributed by atoms with Gasteiger partial charge in [-0.1, -0.05) is 0 Å². The van der Waals surface area contributed by atoms with Gasteiger partial charge in [0.05, 0.1) is 24.4 Å². The normalized spacial score (nSPS) is 18.0. The molecule has 3 rings (SSSR count). The molecule has 1 fully saturated rings. The summed E-state index contributed by atoms with van der Waals surface area (Å²) in [6.45, 7) is 2.97. The van der Waals surface area contributed by atoms with E-state index in [2.05, 4.69) is 10.1 Å². The number of carbonyl (C=O) groups excluding carboxylic acids is 1. The molecule has 0 radical (unpaired) electrons. The zero-order valence-electron chi connectivity index (χ0n) is 14.5. The van der Waals surface area contributed by atoms with Gasteiger partial charge in [-0.15, -0.1) is 0 Å². The van der Waals surface area contributed by atoms with Crippen molar-refractivity contribution in [3.8, 4) is 0 Å². The molecule has 0 bridgehead atoms. The van der Waals surface area contributed by atoms with E-state index < -0.39 is 17.8 Å². The van der Waals surface area contributed by atoms with Gasteiger partial charge in [-0.3, -0.25) is 4.68 Å². The minimum atomic E-state index is -4.44. The fourth-order valence-electron chi connectivity index (χ4n) is 3.12. The van der Waals surface area contributed by atoms with E-state index in [0.717, 1.165) is 25.5 Å². The van der Waals surface area contributed by atoms with Crippen molar-refractivity contribution in [1.82, 2.24) is 14.8 Å². The Hall–Kier alpha value is -2.58. The zero-order chi connectivity index (χ0) is 18.9. The molecule has 1 atom stereocenters. The minimum absolute atomic E-state index is 0.165.